The van der Waals surface area contributed by atoms with E-state index in [1.807, 2.05) is 17.9 Å². The number of aromatic nitrogens is 1. The maximum atomic E-state index is 13.6. The van der Waals surface area contributed by atoms with Crippen molar-refractivity contribution in [3.05, 3.63) is 50.3 Å². The number of amides is 2. The van der Waals surface area contributed by atoms with Gasteiger partial charge in [0.2, 0.25) is 5.91 Å². The number of nitrogens with two attached hydrogens (primary N) is 1. The monoisotopic (exact) mass is 462 g/mol. The summed E-state index contributed by atoms with van der Waals surface area (Å²) in [5.41, 5.74) is 9.93. The lowest BCUT2D eigenvalue weighted by atomic mass is 9.82. The zero-order valence-electron chi connectivity index (χ0n) is 17.8. The Morgan fingerprint density at radius 2 is 1.97 bits per heavy atom. The van der Waals surface area contributed by atoms with E-state index in [-0.39, 0.29) is 30.8 Å². The van der Waals surface area contributed by atoms with Crippen LogP contribution in [0.15, 0.2) is 22.2 Å². The van der Waals surface area contributed by atoms with Crippen molar-refractivity contribution in [3.63, 3.8) is 0 Å². The van der Waals surface area contributed by atoms with E-state index in [2.05, 4.69) is 0 Å². The van der Waals surface area contributed by atoms with Gasteiger partial charge in [0.1, 0.15) is 6.54 Å². The second-order valence-electron chi connectivity index (χ2n) is 8.44. The van der Waals surface area contributed by atoms with Crippen molar-refractivity contribution in [3.8, 4) is 0 Å². The molecule has 0 spiro atoms. The summed E-state index contributed by atoms with van der Waals surface area (Å²) in [5, 5.41) is 1.18. The van der Waals surface area contributed by atoms with Gasteiger partial charge in [-0.1, -0.05) is 29.3 Å². The number of likely N-dealkylation sites (tertiary alicyclic amines) is 1. The molecule has 1 unspecified atom stereocenters. The number of fused-ring (bicyclic) bond motifs is 1. The summed E-state index contributed by atoms with van der Waals surface area (Å²) >= 11 is 12.7. The fraction of sp³-hybridized carbons (Fsp3) is 0.522. The van der Waals surface area contributed by atoms with E-state index < -0.39 is 0 Å². The molecule has 2 amide bonds. The number of carbonyl (C=O) groups is 2. The van der Waals surface area contributed by atoms with E-state index >= 15 is 0 Å². The Hall–Kier alpha value is -1.89. The molecule has 2 aliphatic heterocycles. The fourth-order valence-electron chi connectivity index (χ4n) is 4.84. The molecule has 0 aromatic carbocycles. The average molecular weight is 463 g/mol. The van der Waals surface area contributed by atoms with Crippen molar-refractivity contribution < 1.29 is 9.59 Å². The highest BCUT2D eigenvalue weighted by molar-refractivity contribution is 6.35. The lowest BCUT2D eigenvalue weighted by molar-refractivity contribution is -0.132. The molecule has 31 heavy (non-hydrogen) atoms. The third-order valence-corrected chi connectivity index (χ3v) is 7.12. The van der Waals surface area contributed by atoms with Gasteiger partial charge < -0.3 is 15.5 Å². The number of rotatable bonds is 4. The number of allylic oxidation sites excluding steroid dienone is 4. The number of hydrogen-bond donors (Lipinski definition) is 1. The predicted molar refractivity (Wildman–Crippen MR) is 122 cm³/mol. The Morgan fingerprint density at radius 1 is 1.23 bits per heavy atom. The predicted octanol–water partition coefficient (Wildman–Crippen LogP) is 3.59. The summed E-state index contributed by atoms with van der Waals surface area (Å²) in [5.74, 6) is -0.337. The van der Waals surface area contributed by atoms with Gasteiger partial charge in [0.15, 0.2) is 0 Å². The van der Waals surface area contributed by atoms with Crippen LogP contribution in [-0.2, 0) is 17.8 Å². The topological polar surface area (TPSA) is 79.5 Å². The van der Waals surface area contributed by atoms with Crippen molar-refractivity contribution in [2.24, 2.45) is 5.73 Å². The van der Waals surface area contributed by atoms with Gasteiger partial charge in [0.25, 0.3) is 5.91 Å². The Labute approximate surface area is 193 Å². The number of nitrogens with zero attached hydrogens (tertiary/aromatic N) is 3. The van der Waals surface area contributed by atoms with E-state index in [1.54, 1.807) is 11.0 Å². The first kappa shape index (κ1) is 22.3. The Bertz CT molecular complexity index is 967. The standard InChI is InChI=1S/C23H28Cl2N4O2/c1-14-17(12-26)21(16-6-5-15(24)11-18(16)25)22-19(27-14)7-10-29(23(22)31)13-20(30)28-8-3-2-4-9-28/h5,11,16H,2-4,6-10,12-13,26H2,1H3. The van der Waals surface area contributed by atoms with Crippen molar-refractivity contribution >= 4 is 35.0 Å². The molecule has 1 fully saturated rings. The molecule has 166 valence electrons. The number of halogens is 2. The zero-order valence-corrected chi connectivity index (χ0v) is 19.3. The van der Waals surface area contributed by atoms with Gasteiger partial charge in [-0.15, -0.1) is 0 Å². The molecule has 1 atom stereocenters. The Kier molecular flexibility index (Phi) is 6.70. The molecule has 3 heterocycles. The molecule has 2 N–H and O–H groups in total. The zero-order chi connectivity index (χ0) is 22.1. The molecule has 0 bridgehead atoms. The average Bonchev–Trinajstić information content (AvgIpc) is 2.75. The van der Waals surface area contributed by atoms with Crippen LogP contribution in [0.25, 0.3) is 0 Å². The summed E-state index contributed by atoms with van der Waals surface area (Å²) in [6, 6.07) is 0. The first-order valence-corrected chi connectivity index (χ1v) is 11.7. The van der Waals surface area contributed by atoms with E-state index in [9.17, 15) is 9.59 Å². The van der Waals surface area contributed by atoms with Crippen LogP contribution in [0, 0.1) is 6.92 Å². The summed E-state index contributed by atoms with van der Waals surface area (Å²) in [7, 11) is 0. The minimum Gasteiger partial charge on any atom is -0.341 e. The fourth-order valence-corrected chi connectivity index (χ4v) is 5.41. The number of piperidine rings is 1. The summed E-state index contributed by atoms with van der Waals surface area (Å²) < 4.78 is 0. The first-order valence-electron chi connectivity index (χ1n) is 10.9. The molecule has 1 aliphatic carbocycles. The lowest BCUT2D eigenvalue weighted by Crippen LogP contribution is -2.47. The van der Waals surface area contributed by atoms with Crippen LogP contribution in [0.1, 0.15) is 64.5 Å². The van der Waals surface area contributed by atoms with E-state index in [1.165, 1.54) is 0 Å². The number of carbonyl (C=O) groups excluding carboxylic acids is 2. The molecule has 0 radical (unpaired) electrons. The number of aryl methyl sites for hydroxylation is 1. The Morgan fingerprint density at radius 3 is 2.65 bits per heavy atom. The highest BCUT2D eigenvalue weighted by Gasteiger charge is 2.35. The Balaban J connectivity index is 1.69. The van der Waals surface area contributed by atoms with Crippen molar-refractivity contribution in [1.82, 2.24) is 14.8 Å². The minimum absolute atomic E-state index is 0.0162. The van der Waals surface area contributed by atoms with Gasteiger partial charge in [-0.3, -0.25) is 14.6 Å². The second kappa shape index (κ2) is 9.31. The van der Waals surface area contributed by atoms with Gasteiger partial charge >= 0.3 is 0 Å². The first-order chi connectivity index (χ1) is 14.9. The van der Waals surface area contributed by atoms with Crippen LogP contribution in [0.5, 0.6) is 0 Å². The smallest absolute Gasteiger partial charge is 0.256 e. The second-order valence-corrected chi connectivity index (χ2v) is 9.31. The van der Waals surface area contributed by atoms with E-state index in [4.69, 9.17) is 33.9 Å². The van der Waals surface area contributed by atoms with Gasteiger partial charge in [-0.25, -0.2) is 0 Å². The molecule has 1 aromatic heterocycles. The van der Waals surface area contributed by atoms with Crippen LogP contribution in [0.2, 0.25) is 0 Å². The highest BCUT2D eigenvalue weighted by Crippen LogP contribution is 2.41. The molecule has 0 saturated carbocycles. The SMILES string of the molecule is Cc1nc2c(c(C3CC=C(Cl)C=C3Cl)c1CN)C(=O)N(CC(=O)N1CCCCC1)CC2. The summed E-state index contributed by atoms with van der Waals surface area (Å²) in [4.78, 5) is 34.7. The third kappa shape index (κ3) is 4.38. The summed E-state index contributed by atoms with van der Waals surface area (Å²) in [6.07, 6.45) is 8.05. The molecule has 4 rings (SSSR count). The quantitative estimate of drug-likeness (QED) is 0.740. The molecule has 8 heteroatoms. The molecule has 3 aliphatic rings. The van der Waals surface area contributed by atoms with E-state index in [0.29, 0.717) is 35.0 Å². The molecule has 1 saturated heterocycles. The van der Waals surface area contributed by atoms with Crippen LogP contribution >= 0.6 is 23.2 Å². The number of pyridine rings is 1. The minimum atomic E-state index is -0.195. The van der Waals surface area contributed by atoms with Crippen molar-refractivity contribution in [2.45, 2.75) is 51.5 Å². The molecular weight excluding hydrogens is 435 g/mol. The lowest BCUT2D eigenvalue weighted by Gasteiger charge is -2.34. The van der Waals surface area contributed by atoms with Crippen LogP contribution in [-0.4, -0.2) is 52.8 Å². The van der Waals surface area contributed by atoms with Gasteiger partial charge in [-0.05, 0) is 49.8 Å². The van der Waals surface area contributed by atoms with Crippen molar-refractivity contribution in [1.29, 1.82) is 0 Å². The maximum Gasteiger partial charge on any atom is 0.256 e. The van der Waals surface area contributed by atoms with Gasteiger partial charge in [0, 0.05) is 54.3 Å². The van der Waals surface area contributed by atoms with Crippen molar-refractivity contribution in [2.75, 3.05) is 26.2 Å². The largest absolute Gasteiger partial charge is 0.341 e. The van der Waals surface area contributed by atoms with Gasteiger partial charge in [-0.2, -0.15) is 0 Å². The third-order valence-electron chi connectivity index (χ3n) is 6.49. The van der Waals surface area contributed by atoms with Gasteiger partial charge in [0.05, 0.1) is 11.3 Å². The molecular formula is C23H28Cl2N4O2. The molecule has 6 nitrogen and oxygen atoms in total. The van der Waals surface area contributed by atoms with E-state index in [0.717, 1.165) is 54.9 Å². The normalized spacial score (nSPS) is 21.5. The number of hydrogen-bond acceptors (Lipinski definition) is 4. The highest BCUT2D eigenvalue weighted by atomic mass is 35.5. The maximum absolute atomic E-state index is 13.6. The molecule has 1 aromatic rings. The van der Waals surface area contributed by atoms with Crippen LogP contribution in [0.3, 0.4) is 0 Å². The summed E-state index contributed by atoms with van der Waals surface area (Å²) in [6.45, 7) is 4.32. The van der Waals surface area contributed by atoms with Crippen LogP contribution < -0.4 is 5.73 Å². The van der Waals surface area contributed by atoms with Crippen LogP contribution in [0.4, 0.5) is 0 Å².